The predicted molar refractivity (Wildman–Crippen MR) is 256 cm³/mol. The fourth-order valence-corrected chi connectivity index (χ4v) is 7.44. The number of aryl methyl sites for hydroxylation is 1. The third-order valence-electron chi connectivity index (χ3n) is 10.8. The number of Topliss-reactive ketones (excluding diaryl/α,β-unsaturated/α-hetero) is 9. The van der Waals surface area contributed by atoms with Gasteiger partial charge in [-0.3, -0.25) is 43.2 Å². The smallest absolute Gasteiger partial charge is 0.404 e. The topological polar surface area (TPSA) is 240 Å². The van der Waals surface area contributed by atoms with Crippen molar-refractivity contribution in [1.29, 1.82) is 0 Å². The van der Waals surface area contributed by atoms with Crippen LogP contribution in [0.1, 0.15) is 31.9 Å². The molecule has 3 aliphatic carbocycles. The molecule has 356 valence electrons. The van der Waals surface area contributed by atoms with E-state index in [1.54, 1.807) is 24.3 Å². The van der Waals surface area contributed by atoms with Crippen molar-refractivity contribution < 1.29 is 56.3 Å². The summed E-state index contributed by atoms with van der Waals surface area (Å²) in [5.41, 5.74) is 0.633. The van der Waals surface area contributed by atoms with Gasteiger partial charge < -0.3 is 32.3 Å². The Bertz CT molecular complexity index is 3150. The van der Waals surface area contributed by atoms with Crippen molar-refractivity contribution in [3.63, 3.8) is 0 Å². The number of ketones is 9. The largest absolute Gasteiger partial charge is 0.418 e. The zero-order valence-electron chi connectivity index (χ0n) is 37.0. The summed E-state index contributed by atoms with van der Waals surface area (Å²) in [5.74, 6) is -8.69. The van der Waals surface area contributed by atoms with Crippen LogP contribution in [-0.4, -0.2) is 52.0 Å². The van der Waals surface area contributed by atoms with E-state index < -0.39 is 108 Å². The first-order valence-corrected chi connectivity index (χ1v) is 21.4. The quantitative estimate of drug-likeness (QED) is 0.0832. The molecule has 70 heavy (non-hydrogen) atoms. The minimum atomic E-state index is -5.06. The molecular weight excluding hydrogens is 956 g/mol. The Hall–Kier alpha value is -8.48. The molecule has 3 aliphatic rings. The average Bonchev–Trinajstić information content (AvgIpc) is 3.31. The normalized spacial score (nSPS) is 21.2. The number of halogens is 5. The van der Waals surface area contributed by atoms with Gasteiger partial charge in [-0.1, -0.05) is 59.1 Å². The molecule has 0 radical (unpaired) electrons. The molecule has 0 bridgehead atoms. The second kappa shape index (κ2) is 20.8. The van der Waals surface area contributed by atoms with Gasteiger partial charge >= 0.3 is 6.18 Å². The van der Waals surface area contributed by atoms with Crippen LogP contribution >= 0.6 is 23.2 Å². The van der Waals surface area contributed by atoms with Crippen LogP contribution in [0.4, 0.5) is 41.6 Å². The first-order valence-electron chi connectivity index (χ1n) is 20.6. The van der Waals surface area contributed by atoms with Crippen LogP contribution in [-0.2, 0) is 49.3 Å². The van der Waals surface area contributed by atoms with Crippen LogP contribution in [0.15, 0.2) is 160 Å². The van der Waals surface area contributed by atoms with Gasteiger partial charge in [0.1, 0.15) is 0 Å². The number of hydrogen-bond acceptors (Lipinski definition) is 15. The highest BCUT2D eigenvalue weighted by Gasteiger charge is 2.41. The highest BCUT2D eigenvalue weighted by atomic mass is 35.5. The number of nitrogens with two attached hydrogens (primary N) is 1. The first-order chi connectivity index (χ1) is 33.2. The molecule has 0 heterocycles. The van der Waals surface area contributed by atoms with E-state index in [0.717, 1.165) is 54.8 Å². The van der Waals surface area contributed by atoms with E-state index in [2.05, 4.69) is 26.6 Å². The summed E-state index contributed by atoms with van der Waals surface area (Å²) in [5, 5.41) is 12.9. The lowest BCUT2D eigenvalue weighted by atomic mass is 9.83. The van der Waals surface area contributed by atoms with Crippen molar-refractivity contribution in [3.05, 3.63) is 181 Å². The van der Waals surface area contributed by atoms with Gasteiger partial charge in [-0.05, 0) is 70.2 Å². The van der Waals surface area contributed by atoms with Crippen molar-refractivity contribution in [2.45, 2.75) is 33.9 Å². The van der Waals surface area contributed by atoms with Crippen molar-refractivity contribution in [3.8, 4) is 0 Å². The molecule has 0 spiro atoms. The number of hydrogen-bond donors (Lipinski definition) is 6. The highest BCUT2D eigenvalue weighted by Crippen LogP contribution is 2.38. The standard InChI is InChI=1S/C50H37Cl2F3N6O9/c1-5-26-41(62)29(17-56)47(68)32(42(26)63)21-60-39-15-37(52)40(16-36(39)51)61-22-34-46(67)28(7-3)45(66)33(49(34)70)20-59-38-13-12-25(14-35(38)50(53,54)55)58-19-31-44(65)27(6-2)43(64)30(48(31)69)18-57-24-10-8-23(4)9-11-24/h5-22,57-61H,56H2,1-4H3/b26-5-,27-6+,28-7+,29-17+,30-18-,31-19+,32-21-,33-20-,34-22+. The van der Waals surface area contributed by atoms with E-state index in [1.165, 1.54) is 45.1 Å². The van der Waals surface area contributed by atoms with Gasteiger partial charge in [-0.25, -0.2) is 0 Å². The molecule has 15 nitrogen and oxygen atoms in total. The van der Waals surface area contributed by atoms with Gasteiger partial charge in [0.15, 0.2) is 0 Å². The molecular formula is C50H37Cl2F3N6O9. The lowest BCUT2D eigenvalue weighted by Gasteiger charge is -2.19. The van der Waals surface area contributed by atoms with Crippen LogP contribution in [0.3, 0.4) is 0 Å². The zero-order chi connectivity index (χ0) is 51.4. The average molecular weight is 994 g/mol. The van der Waals surface area contributed by atoms with Crippen molar-refractivity contribution >= 4 is 104 Å². The minimum absolute atomic E-state index is 0.0136. The minimum Gasteiger partial charge on any atom is -0.404 e. The lowest BCUT2D eigenvalue weighted by molar-refractivity contribution is -0.137. The maximum Gasteiger partial charge on any atom is 0.418 e. The van der Waals surface area contributed by atoms with E-state index in [0.29, 0.717) is 18.0 Å². The summed E-state index contributed by atoms with van der Waals surface area (Å²) in [6, 6.07) is 12.2. The van der Waals surface area contributed by atoms with Gasteiger partial charge in [0.05, 0.1) is 82.8 Å². The number of alkyl halides is 3. The number of carbonyl (C=O) groups excluding carboxylic acids is 9. The number of anilines is 5. The Kier molecular flexibility index (Phi) is 15.1. The molecule has 0 aliphatic heterocycles. The SMILES string of the molecule is C/C=C1\C(=O)/C(=C/Nc2cc(Cl)c(N/C=C3/C(=O)/C(=C\Nc4ccc(N/C=C5/C(=O)/C(=C\Nc6ccc(C)cc6)C(=O)/C(=C\C)C5=O)cc4C(F)(F)F)C(=O)/C(=C\C)C3=O)cc2Cl)C(=O)/C(=C/N)C1=O. The van der Waals surface area contributed by atoms with Gasteiger partial charge in [-0.2, -0.15) is 13.2 Å². The molecule has 0 aromatic heterocycles. The Labute approximate surface area is 406 Å². The first kappa shape index (κ1) is 50.9. The summed E-state index contributed by atoms with van der Waals surface area (Å²) >= 11 is 12.9. The Morgan fingerprint density at radius 3 is 1.11 bits per heavy atom. The Morgan fingerprint density at radius 2 is 0.743 bits per heavy atom. The number of benzene rings is 3. The molecule has 3 saturated carbocycles. The predicted octanol–water partition coefficient (Wildman–Crippen LogP) is 8.04. The summed E-state index contributed by atoms with van der Waals surface area (Å²) < 4.78 is 43.7. The number of rotatable bonds is 10. The van der Waals surface area contributed by atoms with E-state index in [-0.39, 0.29) is 38.3 Å². The summed E-state index contributed by atoms with van der Waals surface area (Å²) in [6.45, 7) is 6.05. The van der Waals surface area contributed by atoms with Crippen LogP contribution in [0.2, 0.25) is 10.0 Å². The fourth-order valence-electron chi connectivity index (χ4n) is 7.00. The van der Waals surface area contributed by atoms with Crippen LogP contribution in [0, 0.1) is 6.92 Å². The van der Waals surface area contributed by atoms with Crippen LogP contribution in [0.5, 0.6) is 0 Å². The van der Waals surface area contributed by atoms with Crippen molar-refractivity contribution in [2.24, 2.45) is 5.73 Å². The van der Waals surface area contributed by atoms with Crippen LogP contribution < -0.4 is 32.3 Å². The molecule has 0 unspecified atom stereocenters. The van der Waals surface area contributed by atoms with E-state index >= 15 is 0 Å². The fraction of sp³-hybridized carbons (Fsp3) is 0.100. The summed E-state index contributed by atoms with van der Waals surface area (Å²) in [7, 11) is 0. The molecule has 0 amide bonds. The maximum absolute atomic E-state index is 14.6. The maximum atomic E-state index is 14.6. The second-order valence-corrected chi connectivity index (χ2v) is 15.9. The third kappa shape index (κ3) is 10.2. The number of allylic oxidation sites excluding steroid dienone is 12. The molecule has 3 aromatic rings. The zero-order valence-corrected chi connectivity index (χ0v) is 38.5. The molecule has 3 aromatic carbocycles. The third-order valence-corrected chi connectivity index (χ3v) is 11.4. The molecule has 0 saturated heterocycles. The molecule has 0 atom stereocenters. The van der Waals surface area contributed by atoms with Crippen LogP contribution in [0.25, 0.3) is 0 Å². The number of nitrogens with one attached hydrogen (secondary N) is 5. The monoisotopic (exact) mass is 992 g/mol. The molecule has 20 heteroatoms. The highest BCUT2D eigenvalue weighted by molar-refractivity contribution is 6.53. The molecule has 3 fully saturated rings. The van der Waals surface area contributed by atoms with E-state index in [1.807, 2.05) is 6.92 Å². The lowest BCUT2D eigenvalue weighted by Crippen LogP contribution is -2.32. The van der Waals surface area contributed by atoms with Gasteiger partial charge in [0, 0.05) is 48.6 Å². The van der Waals surface area contributed by atoms with Crippen molar-refractivity contribution in [1.82, 2.24) is 0 Å². The summed E-state index contributed by atoms with van der Waals surface area (Å²) in [6.07, 6.45) is 3.99. The molecule has 6 rings (SSSR count). The van der Waals surface area contributed by atoms with E-state index in [9.17, 15) is 56.3 Å². The van der Waals surface area contributed by atoms with E-state index in [4.69, 9.17) is 28.9 Å². The van der Waals surface area contributed by atoms with Gasteiger partial charge in [0.25, 0.3) is 0 Å². The Morgan fingerprint density at radius 1 is 0.429 bits per heavy atom. The number of carbonyl (C=O) groups is 9. The Balaban J connectivity index is 1.24. The van der Waals surface area contributed by atoms with Crippen molar-refractivity contribution in [2.75, 3.05) is 26.6 Å². The molecule has 7 N–H and O–H groups in total. The summed E-state index contributed by atoms with van der Waals surface area (Å²) in [4.78, 5) is 118. The van der Waals surface area contributed by atoms with Gasteiger partial charge in [-0.15, -0.1) is 0 Å². The second-order valence-electron chi connectivity index (χ2n) is 15.1. The van der Waals surface area contributed by atoms with Gasteiger partial charge in [0.2, 0.25) is 52.0 Å².